The number of thiophene rings is 1. The van der Waals surface area contributed by atoms with E-state index in [9.17, 15) is 4.79 Å². The van der Waals surface area contributed by atoms with E-state index in [0.29, 0.717) is 22.1 Å². The number of nitrogens with zero attached hydrogens (tertiary/aromatic N) is 2. The first-order chi connectivity index (χ1) is 9.54. The predicted molar refractivity (Wildman–Crippen MR) is 78.0 cm³/mol. The molecule has 3 rings (SSSR count). The third-order valence-corrected chi connectivity index (χ3v) is 3.92. The van der Waals surface area contributed by atoms with Gasteiger partial charge in [0.05, 0.1) is 5.69 Å². The zero-order chi connectivity index (χ0) is 14.3. The summed E-state index contributed by atoms with van der Waals surface area (Å²) in [6.45, 7) is 3.65. The maximum atomic E-state index is 12.2. The Balaban J connectivity index is 1.97. The highest BCUT2D eigenvalue weighted by Crippen LogP contribution is 2.32. The van der Waals surface area contributed by atoms with Gasteiger partial charge in [-0.3, -0.25) is 4.79 Å². The van der Waals surface area contributed by atoms with Crippen molar-refractivity contribution in [3.05, 3.63) is 34.5 Å². The Kier molecular flexibility index (Phi) is 2.90. The maximum absolute atomic E-state index is 12.2. The number of nitrogens with two attached hydrogens (primary N) is 1. The fourth-order valence-corrected chi connectivity index (χ4v) is 2.89. The van der Waals surface area contributed by atoms with E-state index in [1.54, 1.807) is 13.0 Å². The molecule has 3 N–H and O–H groups in total. The second kappa shape index (κ2) is 4.61. The molecule has 0 fully saturated rings. The van der Waals surface area contributed by atoms with Crippen LogP contribution in [0.1, 0.15) is 21.1 Å². The number of carbonyl (C=O) groups is 1. The number of nitrogen functional groups attached to an aromatic ring is 1. The van der Waals surface area contributed by atoms with E-state index >= 15 is 0 Å². The van der Waals surface area contributed by atoms with Crippen LogP contribution in [0.5, 0.6) is 0 Å². The Hall–Kier alpha value is -2.41. The third-order valence-electron chi connectivity index (χ3n) is 2.81. The van der Waals surface area contributed by atoms with Crippen LogP contribution in [-0.4, -0.2) is 16.0 Å². The van der Waals surface area contributed by atoms with E-state index in [0.717, 1.165) is 15.9 Å². The van der Waals surface area contributed by atoms with Crippen LogP contribution < -0.4 is 11.1 Å². The monoisotopic (exact) mass is 288 g/mol. The molecule has 102 valence electrons. The van der Waals surface area contributed by atoms with Crippen molar-refractivity contribution >= 4 is 39.0 Å². The molecule has 3 heterocycles. The molecular weight excluding hydrogens is 276 g/mol. The van der Waals surface area contributed by atoms with Gasteiger partial charge in [0.25, 0.3) is 5.91 Å². The van der Waals surface area contributed by atoms with Gasteiger partial charge in [0.1, 0.15) is 15.5 Å². The second-order valence-electron chi connectivity index (χ2n) is 4.43. The Bertz CT molecular complexity index is 806. The van der Waals surface area contributed by atoms with Gasteiger partial charge in [0, 0.05) is 17.1 Å². The molecule has 0 spiro atoms. The highest BCUT2D eigenvalue weighted by molar-refractivity contribution is 7.21. The predicted octanol–water partition coefficient (Wildman–Crippen LogP) is 2.74. The van der Waals surface area contributed by atoms with Crippen LogP contribution in [0.2, 0.25) is 0 Å². The number of hydrogen-bond acceptors (Lipinski definition) is 6. The van der Waals surface area contributed by atoms with Gasteiger partial charge < -0.3 is 15.6 Å². The van der Waals surface area contributed by atoms with Crippen LogP contribution in [0.15, 0.2) is 22.7 Å². The number of carbonyl (C=O) groups excluding carboxylic acids is 1. The van der Waals surface area contributed by atoms with E-state index < -0.39 is 0 Å². The average molecular weight is 288 g/mol. The van der Waals surface area contributed by atoms with Gasteiger partial charge >= 0.3 is 0 Å². The van der Waals surface area contributed by atoms with Crippen molar-refractivity contribution in [2.75, 3.05) is 11.1 Å². The summed E-state index contributed by atoms with van der Waals surface area (Å²) >= 11 is 1.27. The lowest BCUT2D eigenvalue weighted by molar-refractivity contribution is 0.103. The van der Waals surface area contributed by atoms with Crippen molar-refractivity contribution in [3.8, 4) is 0 Å². The van der Waals surface area contributed by atoms with Crippen LogP contribution in [0, 0.1) is 13.8 Å². The van der Waals surface area contributed by atoms with Crippen LogP contribution in [0.3, 0.4) is 0 Å². The minimum Gasteiger partial charge on any atom is -0.397 e. The summed E-state index contributed by atoms with van der Waals surface area (Å²) in [7, 11) is 0. The van der Waals surface area contributed by atoms with Crippen molar-refractivity contribution in [1.82, 2.24) is 10.1 Å². The fraction of sp³-hybridized carbons (Fsp3) is 0.154. The minimum absolute atomic E-state index is 0.309. The number of aryl methyl sites for hydroxylation is 2. The largest absolute Gasteiger partial charge is 0.397 e. The quantitative estimate of drug-likeness (QED) is 0.756. The fourth-order valence-electron chi connectivity index (χ4n) is 1.86. The molecule has 0 saturated carbocycles. The van der Waals surface area contributed by atoms with Crippen molar-refractivity contribution in [2.24, 2.45) is 0 Å². The number of aromatic nitrogens is 2. The van der Waals surface area contributed by atoms with Crippen LogP contribution in [0.25, 0.3) is 10.2 Å². The molecule has 7 heteroatoms. The highest BCUT2D eigenvalue weighted by Gasteiger charge is 2.18. The average Bonchev–Trinajstić information content (AvgIpc) is 2.94. The number of pyridine rings is 1. The summed E-state index contributed by atoms with van der Waals surface area (Å²) in [6.07, 6.45) is 0. The summed E-state index contributed by atoms with van der Waals surface area (Å²) in [5.41, 5.74) is 7.34. The maximum Gasteiger partial charge on any atom is 0.269 e. The van der Waals surface area contributed by atoms with Gasteiger partial charge in [-0.25, -0.2) is 4.98 Å². The molecule has 0 aliphatic rings. The Morgan fingerprint density at radius 1 is 1.40 bits per heavy atom. The first-order valence-electron chi connectivity index (χ1n) is 5.95. The Labute approximate surface area is 118 Å². The van der Waals surface area contributed by atoms with E-state index in [1.165, 1.54) is 11.3 Å². The van der Waals surface area contributed by atoms with Crippen molar-refractivity contribution in [2.45, 2.75) is 13.8 Å². The molecular formula is C13H12N4O2S. The standard InChI is InChI=1S/C13H12N4O2S/c1-6-3-4-8-10(14)11(20-13(8)15-6)12(18)16-9-5-7(2)19-17-9/h3-5H,14H2,1-2H3,(H,16,17,18). The van der Waals surface area contributed by atoms with Gasteiger partial charge in [-0.1, -0.05) is 5.16 Å². The van der Waals surface area contributed by atoms with E-state index in [1.807, 2.05) is 19.1 Å². The molecule has 0 saturated heterocycles. The molecule has 0 aliphatic carbocycles. The molecule has 1 amide bonds. The van der Waals surface area contributed by atoms with E-state index in [-0.39, 0.29) is 5.91 Å². The first kappa shape index (κ1) is 12.6. The summed E-state index contributed by atoms with van der Waals surface area (Å²) in [4.78, 5) is 17.8. The molecule has 3 aromatic heterocycles. The lowest BCUT2D eigenvalue weighted by atomic mass is 10.2. The second-order valence-corrected chi connectivity index (χ2v) is 5.43. The van der Waals surface area contributed by atoms with Crippen LogP contribution in [0.4, 0.5) is 11.5 Å². The third kappa shape index (κ3) is 2.12. The molecule has 0 unspecified atom stereocenters. The van der Waals surface area contributed by atoms with Crippen LogP contribution >= 0.6 is 11.3 Å². The lowest BCUT2D eigenvalue weighted by Gasteiger charge is -1.99. The summed E-state index contributed by atoms with van der Waals surface area (Å²) in [6, 6.07) is 5.39. The smallest absolute Gasteiger partial charge is 0.269 e. The van der Waals surface area contributed by atoms with Crippen molar-refractivity contribution in [3.63, 3.8) is 0 Å². The number of amides is 1. The van der Waals surface area contributed by atoms with Crippen molar-refractivity contribution in [1.29, 1.82) is 0 Å². The van der Waals surface area contributed by atoms with E-state index in [2.05, 4.69) is 15.5 Å². The number of rotatable bonds is 2. The molecule has 0 aliphatic heterocycles. The molecule has 3 aromatic rings. The van der Waals surface area contributed by atoms with E-state index in [4.69, 9.17) is 10.3 Å². The van der Waals surface area contributed by atoms with Crippen LogP contribution in [-0.2, 0) is 0 Å². The highest BCUT2D eigenvalue weighted by atomic mass is 32.1. The van der Waals surface area contributed by atoms with Crippen molar-refractivity contribution < 1.29 is 9.32 Å². The number of anilines is 2. The van der Waals surface area contributed by atoms with Gasteiger partial charge in [-0.2, -0.15) is 0 Å². The van der Waals surface area contributed by atoms with Gasteiger partial charge in [0.2, 0.25) is 0 Å². The van der Waals surface area contributed by atoms with Gasteiger partial charge in [-0.05, 0) is 26.0 Å². The molecule has 6 nitrogen and oxygen atoms in total. The molecule has 0 bridgehead atoms. The Morgan fingerprint density at radius 2 is 2.20 bits per heavy atom. The number of hydrogen-bond donors (Lipinski definition) is 2. The minimum atomic E-state index is -0.309. The Morgan fingerprint density at radius 3 is 2.90 bits per heavy atom. The number of nitrogens with one attached hydrogen (secondary N) is 1. The summed E-state index contributed by atoms with van der Waals surface area (Å²) < 4.78 is 4.90. The topological polar surface area (TPSA) is 94.0 Å². The molecule has 20 heavy (non-hydrogen) atoms. The van der Waals surface area contributed by atoms with Gasteiger partial charge in [-0.15, -0.1) is 11.3 Å². The lowest BCUT2D eigenvalue weighted by Crippen LogP contribution is -2.12. The molecule has 0 atom stereocenters. The van der Waals surface area contributed by atoms with Gasteiger partial charge in [0.15, 0.2) is 5.82 Å². The molecule has 0 aromatic carbocycles. The first-order valence-corrected chi connectivity index (χ1v) is 6.76. The zero-order valence-corrected chi connectivity index (χ0v) is 11.7. The summed E-state index contributed by atoms with van der Waals surface area (Å²) in [5, 5.41) is 7.17. The SMILES string of the molecule is Cc1ccc2c(N)c(C(=O)Nc3cc(C)on3)sc2n1. The molecule has 0 radical (unpaired) electrons. The normalized spacial score (nSPS) is 10.9. The zero-order valence-electron chi connectivity index (χ0n) is 10.9. The number of fused-ring (bicyclic) bond motifs is 1. The summed E-state index contributed by atoms with van der Waals surface area (Å²) in [5.74, 6) is 0.687.